The molecule has 2 N–H and O–H groups in total. The van der Waals surface area contributed by atoms with Gasteiger partial charge >= 0.3 is 6.03 Å². The van der Waals surface area contributed by atoms with Crippen LogP contribution in [0.5, 0.6) is 0 Å². The van der Waals surface area contributed by atoms with E-state index >= 15 is 0 Å². The van der Waals surface area contributed by atoms with Crippen LogP contribution in [0.3, 0.4) is 0 Å². The lowest BCUT2D eigenvalue weighted by Gasteiger charge is -2.33. The zero-order valence-corrected chi connectivity index (χ0v) is 13.0. The molecule has 0 aliphatic carbocycles. The maximum absolute atomic E-state index is 12.3. The second-order valence-electron chi connectivity index (χ2n) is 6.32. The first kappa shape index (κ1) is 16.2. The molecule has 9 nitrogen and oxygen atoms in total. The summed E-state index contributed by atoms with van der Waals surface area (Å²) >= 11 is 0. The van der Waals surface area contributed by atoms with E-state index < -0.39 is 17.5 Å². The molecular weight excluding hydrogens is 304 g/mol. The van der Waals surface area contributed by atoms with Gasteiger partial charge in [-0.2, -0.15) is 0 Å². The van der Waals surface area contributed by atoms with Gasteiger partial charge < -0.3 is 20.1 Å². The van der Waals surface area contributed by atoms with Crippen LogP contribution in [0.25, 0.3) is 0 Å². The van der Waals surface area contributed by atoms with Crippen molar-refractivity contribution in [1.82, 2.24) is 20.0 Å². The Bertz CT molecular complexity index is 491. The van der Waals surface area contributed by atoms with Crippen LogP contribution in [0.4, 0.5) is 4.79 Å². The Labute approximate surface area is 134 Å². The number of amides is 4. The van der Waals surface area contributed by atoms with Crippen LogP contribution in [-0.4, -0.2) is 102 Å². The number of imide groups is 1. The molecule has 3 rings (SSSR count). The van der Waals surface area contributed by atoms with Gasteiger partial charge in [-0.1, -0.05) is 0 Å². The average Bonchev–Trinajstić information content (AvgIpc) is 3.06. The number of ether oxygens (including phenoxy) is 1. The first-order chi connectivity index (χ1) is 11.0. The van der Waals surface area contributed by atoms with Crippen LogP contribution in [0.1, 0.15) is 6.42 Å². The molecule has 3 saturated heterocycles. The fourth-order valence-corrected chi connectivity index (χ4v) is 3.22. The summed E-state index contributed by atoms with van der Waals surface area (Å²) in [5, 5.41) is 13.1. The minimum absolute atomic E-state index is 0.0624. The van der Waals surface area contributed by atoms with E-state index in [1.807, 2.05) is 0 Å². The molecule has 0 spiro atoms. The molecule has 3 aliphatic rings. The highest BCUT2D eigenvalue weighted by Crippen LogP contribution is 2.23. The minimum atomic E-state index is -0.940. The van der Waals surface area contributed by atoms with E-state index in [1.165, 1.54) is 4.90 Å². The number of hydrogen-bond donors (Lipinski definition) is 2. The van der Waals surface area contributed by atoms with Crippen LogP contribution >= 0.6 is 0 Å². The van der Waals surface area contributed by atoms with Crippen molar-refractivity contribution in [2.75, 3.05) is 59.0 Å². The Morgan fingerprint density at radius 3 is 2.65 bits per heavy atom. The van der Waals surface area contributed by atoms with Crippen LogP contribution in [0.2, 0.25) is 0 Å². The molecule has 9 heteroatoms. The fourth-order valence-electron chi connectivity index (χ4n) is 3.22. The average molecular weight is 326 g/mol. The van der Waals surface area contributed by atoms with Crippen molar-refractivity contribution in [1.29, 1.82) is 0 Å². The molecule has 0 aromatic carbocycles. The van der Waals surface area contributed by atoms with Gasteiger partial charge in [-0.25, -0.2) is 4.79 Å². The first-order valence-electron chi connectivity index (χ1n) is 7.85. The molecule has 23 heavy (non-hydrogen) atoms. The van der Waals surface area contributed by atoms with Gasteiger partial charge in [0.1, 0.15) is 6.54 Å². The molecule has 3 fully saturated rings. The summed E-state index contributed by atoms with van der Waals surface area (Å²) in [6.07, 6.45) is 0.496. The standard InChI is InChI=1S/C14H22N4O5/c19-11-7-15-13(21)18(11)8-12(20)17-2-1-14(22,10-17)9-16-3-5-23-6-4-16/h22H,1-10H2,(H,15,21). The lowest BCUT2D eigenvalue weighted by molar-refractivity contribution is -0.136. The number of carbonyl (C=O) groups is 3. The SMILES string of the molecule is O=C(CN1C(=O)CNC1=O)N1CCC(O)(CN2CCOCC2)C1. The van der Waals surface area contributed by atoms with Crippen molar-refractivity contribution < 1.29 is 24.2 Å². The monoisotopic (exact) mass is 326 g/mol. The second kappa shape index (κ2) is 6.42. The molecule has 0 radical (unpaired) electrons. The molecule has 1 atom stereocenters. The highest BCUT2D eigenvalue weighted by molar-refractivity contribution is 6.04. The molecule has 3 heterocycles. The van der Waals surface area contributed by atoms with Crippen molar-refractivity contribution in [3.63, 3.8) is 0 Å². The molecular formula is C14H22N4O5. The van der Waals surface area contributed by atoms with Gasteiger partial charge in [-0.3, -0.25) is 19.4 Å². The van der Waals surface area contributed by atoms with Crippen molar-refractivity contribution in [3.8, 4) is 0 Å². The Morgan fingerprint density at radius 2 is 2.00 bits per heavy atom. The maximum Gasteiger partial charge on any atom is 0.325 e. The highest BCUT2D eigenvalue weighted by atomic mass is 16.5. The first-order valence-corrected chi connectivity index (χ1v) is 7.85. The molecule has 0 bridgehead atoms. The third-order valence-electron chi connectivity index (χ3n) is 4.54. The van der Waals surface area contributed by atoms with Crippen molar-refractivity contribution in [2.45, 2.75) is 12.0 Å². The molecule has 4 amide bonds. The number of rotatable bonds is 4. The van der Waals surface area contributed by atoms with E-state index in [2.05, 4.69) is 10.2 Å². The maximum atomic E-state index is 12.3. The van der Waals surface area contributed by atoms with Crippen LogP contribution in [-0.2, 0) is 14.3 Å². The minimum Gasteiger partial charge on any atom is -0.387 e. The number of nitrogens with zero attached hydrogens (tertiary/aromatic N) is 3. The van der Waals surface area contributed by atoms with Crippen molar-refractivity contribution >= 4 is 17.8 Å². The lowest BCUT2D eigenvalue weighted by atomic mass is 10.0. The zero-order chi connectivity index (χ0) is 16.4. The molecule has 0 aromatic heterocycles. The van der Waals surface area contributed by atoms with E-state index in [9.17, 15) is 19.5 Å². The Kier molecular flexibility index (Phi) is 4.51. The molecule has 128 valence electrons. The lowest BCUT2D eigenvalue weighted by Crippen LogP contribution is -2.50. The number of hydrogen-bond acceptors (Lipinski definition) is 6. The number of aliphatic hydroxyl groups is 1. The Balaban J connectivity index is 1.52. The molecule has 0 aromatic rings. The van der Waals surface area contributed by atoms with E-state index in [0.717, 1.165) is 18.0 Å². The highest BCUT2D eigenvalue weighted by Gasteiger charge is 2.41. The summed E-state index contributed by atoms with van der Waals surface area (Å²) < 4.78 is 5.29. The molecule has 0 saturated carbocycles. The third-order valence-corrected chi connectivity index (χ3v) is 4.54. The number of β-amino-alcohol motifs (C(OH)–C–C–N with tert-alkyl or cyclic N) is 1. The number of nitrogens with one attached hydrogen (secondary N) is 1. The third kappa shape index (κ3) is 3.62. The smallest absolute Gasteiger partial charge is 0.325 e. The molecule has 3 aliphatic heterocycles. The molecule has 1 unspecified atom stereocenters. The van der Waals surface area contributed by atoms with E-state index in [4.69, 9.17) is 4.74 Å². The summed E-state index contributed by atoms with van der Waals surface area (Å²) in [4.78, 5) is 39.9. The Morgan fingerprint density at radius 1 is 1.26 bits per heavy atom. The summed E-state index contributed by atoms with van der Waals surface area (Å²) in [5.41, 5.74) is -0.940. The fraction of sp³-hybridized carbons (Fsp3) is 0.786. The summed E-state index contributed by atoms with van der Waals surface area (Å²) in [7, 11) is 0. The summed E-state index contributed by atoms with van der Waals surface area (Å²) in [6, 6.07) is -0.536. The van der Waals surface area contributed by atoms with Gasteiger partial charge in [0.15, 0.2) is 0 Å². The van der Waals surface area contributed by atoms with E-state index in [-0.39, 0.29) is 25.5 Å². The normalized spacial score (nSPS) is 29.3. The number of likely N-dealkylation sites (tertiary alicyclic amines) is 1. The van der Waals surface area contributed by atoms with Crippen LogP contribution < -0.4 is 5.32 Å². The summed E-state index contributed by atoms with van der Waals surface area (Å²) in [5.74, 6) is -0.709. The van der Waals surface area contributed by atoms with Gasteiger partial charge in [0.2, 0.25) is 5.91 Å². The number of morpholine rings is 1. The van der Waals surface area contributed by atoms with Gasteiger partial charge in [0, 0.05) is 26.2 Å². The van der Waals surface area contributed by atoms with E-state index in [0.29, 0.717) is 32.7 Å². The number of carbonyl (C=O) groups excluding carboxylic acids is 3. The quantitative estimate of drug-likeness (QED) is 0.570. The van der Waals surface area contributed by atoms with Gasteiger partial charge in [0.25, 0.3) is 5.91 Å². The largest absolute Gasteiger partial charge is 0.387 e. The predicted molar refractivity (Wildman–Crippen MR) is 78.5 cm³/mol. The van der Waals surface area contributed by atoms with Crippen molar-refractivity contribution in [2.24, 2.45) is 0 Å². The van der Waals surface area contributed by atoms with Crippen molar-refractivity contribution in [3.05, 3.63) is 0 Å². The zero-order valence-electron chi connectivity index (χ0n) is 13.0. The van der Waals surface area contributed by atoms with Gasteiger partial charge in [0.05, 0.1) is 31.9 Å². The predicted octanol–water partition coefficient (Wildman–Crippen LogP) is -2.17. The van der Waals surface area contributed by atoms with E-state index in [1.54, 1.807) is 0 Å². The Hall–Kier alpha value is -1.71. The number of urea groups is 1. The van der Waals surface area contributed by atoms with Gasteiger partial charge in [-0.15, -0.1) is 0 Å². The topological polar surface area (TPSA) is 102 Å². The van der Waals surface area contributed by atoms with Crippen LogP contribution in [0.15, 0.2) is 0 Å². The van der Waals surface area contributed by atoms with Crippen LogP contribution in [0, 0.1) is 0 Å². The second-order valence-corrected chi connectivity index (χ2v) is 6.32. The van der Waals surface area contributed by atoms with Gasteiger partial charge in [-0.05, 0) is 6.42 Å². The summed E-state index contributed by atoms with van der Waals surface area (Å²) in [6.45, 7) is 3.71.